The number of amides is 1. The lowest BCUT2D eigenvalue weighted by atomic mass is 9.58. The van der Waals surface area contributed by atoms with E-state index in [-0.39, 0.29) is 35.5 Å². The molecule has 12 nitrogen and oxygen atoms in total. The Morgan fingerprint density at radius 1 is 1.16 bits per heavy atom. The van der Waals surface area contributed by atoms with E-state index in [4.69, 9.17) is 11.5 Å². The number of Topliss-reactive ketones (excluding diaryl/α,β-unsaturated/α-hetero) is 2. The summed E-state index contributed by atoms with van der Waals surface area (Å²) < 4.78 is 0. The number of benzene rings is 1. The number of hydrogen-bond acceptors (Lipinski definition) is 11. The smallest absolute Gasteiger partial charge is 0.255 e. The molecule has 3 aliphatic rings. The molecule has 0 spiro atoms. The van der Waals surface area contributed by atoms with E-state index in [0.29, 0.717) is 11.1 Å². The fourth-order valence-electron chi connectivity index (χ4n) is 5.98. The second-order valence-corrected chi connectivity index (χ2v) is 9.75. The molecule has 0 radical (unpaired) electrons. The molecule has 0 saturated carbocycles. The maximum absolute atomic E-state index is 13.8. The number of anilines is 1. The van der Waals surface area contributed by atoms with Crippen LogP contribution >= 0.6 is 0 Å². The summed E-state index contributed by atoms with van der Waals surface area (Å²) in [5, 5.41) is 44.5. The van der Waals surface area contributed by atoms with Crippen LogP contribution in [-0.4, -0.2) is 78.5 Å². The van der Waals surface area contributed by atoms with E-state index in [1.165, 1.54) is 23.4 Å². The number of allylic oxidation sites excluding steroid dienone is 1. The van der Waals surface area contributed by atoms with Crippen LogP contribution in [0.15, 0.2) is 47.2 Å². The van der Waals surface area contributed by atoms with Gasteiger partial charge in [0, 0.05) is 29.4 Å². The number of ketones is 2. The van der Waals surface area contributed by atoms with Crippen LogP contribution in [0, 0.1) is 11.8 Å². The van der Waals surface area contributed by atoms with Crippen molar-refractivity contribution in [2.45, 2.75) is 24.5 Å². The van der Waals surface area contributed by atoms with E-state index in [1.54, 1.807) is 20.2 Å². The standard InChI is InChI=1S/C25H25N5O7/c1-30(2)17-12-7-9-6-10-11(24-28-4-3-5-29-24)8-13(26)18(31)15(10)19(32)14(9)21(34)25(12,37)22(35)16(20(17)33)23(27)36/h3-5,8-9,12,17,31,33-34,37H,6-7,26H2,1-2H3,(H2,27,36)/t9-,12-,17+,25-/m0/s1. The van der Waals surface area contributed by atoms with Crippen molar-refractivity contribution in [3.8, 4) is 17.1 Å². The van der Waals surface area contributed by atoms with Gasteiger partial charge in [0.25, 0.3) is 5.91 Å². The third-order valence-corrected chi connectivity index (χ3v) is 7.56. The van der Waals surface area contributed by atoms with Crippen molar-refractivity contribution < 1.29 is 34.8 Å². The van der Waals surface area contributed by atoms with Crippen LogP contribution in [0.4, 0.5) is 5.69 Å². The fraction of sp³-hybridized carbons (Fsp3) is 0.320. The monoisotopic (exact) mass is 507 g/mol. The van der Waals surface area contributed by atoms with Crippen molar-refractivity contribution in [1.82, 2.24) is 14.9 Å². The molecule has 5 rings (SSSR count). The maximum atomic E-state index is 13.8. The zero-order valence-electron chi connectivity index (χ0n) is 20.0. The van der Waals surface area contributed by atoms with Gasteiger partial charge in [0.05, 0.1) is 17.3 Å². The zero-order chi connectivity index (χ0) is 27.0. The Kier molecular flexibility index (Phi) is 5.35. The second kappa shape index (κ2) is 8.11. The van der Waals surface area contributed by atoms with Crippen LogP contribution in [-0.2, 0) is 16.0 Å². The molecule has 1 aromatic carbocycles. The first-order chi connectivity index (χ1) is 17.4. The number of carbonyl (C=O) groups excluding carboxylic acids is 3. The van der Waals surface area contributed by atoms with Gasteiger partial charge in [0.1, 0.15) is 22.8 Å². The maximum Gasteiger partial charge on any atom is 0.255 e. The first-order valence-corrected chi connectivity index (χ1v) is 11.5. The van der Waals surface area contributed by atoms with Gasteiger partial charge in [-0.3, -0.25) is 19.3 Å². The number of rotatable bonds is 3. The van der Waals surface area contributed by atoms with Gasteiger partial charge in [-0.25, -0.2) is 9.97 Å². The van der Waals surface area contributed by atoms with E-state index in [9.17, 15) is 34.8 Å². The third kappa shape index (κ3) is 3.19. The van der Waals surface area contributed by atoms with Crippen LogP contribution in [0.5, 0.6) is 5.75 Å². The molecule has 3 aliphatic carbocycles. The van der Waals surface area contributed by atoms with Crippen molar-refractivity contribution in [2.24, 2.45) is 17.6 Å². The lowest BCUT2D eigenvalue weighted by molar-refractivity contribution is -0.148. The minimum Gasteiger partial charge on any atom is -0.510 e. The summed E-state index contributed by atoms with van der Waals surface area (Å²) in [7, 11) is 3.14. The molecule has 2 aromatic rings. The molecule has 0 aliphatic heterocycles. The third-order valence-electron chi connectivity index (χ3n) is 7.56. The Balaban J connectivity index is 1.76. The summed E-state index contributed by atoms with van der Waals surface area (Å²) in [6, 6.07) is 2.01. The van der Waals surface area contributed by atoms with Crippen molar-refractivity contribution in [3.63, 3.8) is 0 Å². The van der Waals surface area contributed by atoms with Gasteiger partial charge < -0.3 is 31.9 Å². The molecule has 12 heteroatoms. The lowest BCUT2D eigenvalue weighted by Crippen LogP contribution is -2.63. The number of nitrogens with zero attached hydrogens (tertiary/aromatic N) is 3. The van der Waals surface area contributed by atoms with Gasteiger partial charge in [0.15, 0.2) is 17.2 Å². The quantitative estimate of drug-likeness (QED) is 0.187. The Bertz CT molecular complexity index is 1450. The Labute approximate surface area is 210 Å². The van der Waals surface area contributed by atoms with Crippen molar-refractivity contribution in [2.75, 3.05) is 19.8 Å². The van der Waals surface area contributed by atoms with E-state index >= 15 is 0 Å². The van der Waals surface area contributed by atoms with Crippen LogP contribution in [0.2, 0.25) is 0 Å². The number of carbonyl (C=O) groups is 3. The number of hydrogen-bond donors (Lipinski definition) is 6. The van der Waals surface area contributed by atoms with Crippen molar-refractivity contribution in [1.29, 1.82) is 0 Å². The number of aromatic nitrogens is 2. The van der Waals surface area contributed by atoms with E-state index < -0.39 is 63.8 Å². The average Bonchev–Trinajstić information content (AvgIpc) is 2.83. The Hall–Kier alpha value is -4.29. The molecule has 37 heavy (non-hydrogen) atoms. The molecule has 1 amide bonds. The van der Waals surface area contributed by atoms with Crippen LogP contribution in [0.3, 0.4) is 0 Å². The Morgan fingerprint density at radius 2 is 1.81 bits per heavy atom. The van der Waals surface area contributed by atoms with Crippen molar-refractivity contribution >= 4 is 23.2 Å². The first-order valence-electron chi connectivity index (χ1n) is 11.5. The van der Waals surface area contributed by atoms with Gasteiger partial charge in [0.2, 0.25) is 5.78 Å². The van der Waals surface area contributed by atoms with E-state index in [0.717, 1.165) is 0 Å². The van der Waals surface area contributed by atoms with E-state index in [1.807, 2.05) is 0 Å². The molecule has 0 unspecified atom stereocenters. The van der Waals surface area contributed by atoms with E-state index in [2.05, 4.69) is 9.97 Å². The number of aliphatic hydroxyl groups is 3. The number of fused-ring (bicyclic) bond motifs is 3. The number of aromatic hydroxyl groups is 1. The summed E-state index contributed by atoms with van der Waals surface area (Å²) in [5.74, 6) is -7.03. The first kappa shape index (κ1) is 24.4. The highest BCUT2D eigenvalue weighted by Gasteiger charge is 2.63. The average molecular weight is 508 g/mol. The highest BCUT2D eigenvalue weighted by molar-refractivity contribution is 6.25. The molecule has 8 N–H and O–H groups in total. The SMILES string of the molecule is CN(C)[C@H]1C(O)=C(C(N)=O)C(=O)[C@@]2(O)C(O)=C3C(=O)c4c(O)c(N)cc(-c5ncccn5)c4C[C@H]3C[C@@H]12. The van der Waals surface area contributed by atoms with Gasteiger partial charge in [-0.1, -0.05) is 0 Å². The van der Waals surface area contributed by atoms with Crippen LogP contribution in [0.1, 0.15) is 22.3 Å². The molecule has 0 fully saturated rings. The minimum absolute atomic E-state index is 0.0218. The molecular weight excluding hydrogens is 482 g/mol. The largest absolute Gasteiger partial charge is 0.510 e. The minimum atomic E-state index is -2.70. The molecule has 1 aromatic heterocycles. The van der Waals surface area contributed by atoms with Crippen LogP contribution in [0.25, 0.3) is 11.4 Å². The van der Waals surface area contributed by atoms with Gasteiger partial charge in [-0.2, -0.15) is 0 Å². The summed E-state index contributed by atoms with van der Waals surface area (Å²) in [6.07, 6.45) is 3.12. The summed E-state index contributed by atoms with van der Waals surface area (Å²) in [6.45, 7) is 0. The highest BCUT2D eigenvalue weighted by atomic mass is 16.3. The molecule has 4 atom stereocenters. The normalized spacial score (nSPS) is 27.2. The van der Waals surface area contributed by atoms with Crippen molar-refractivity contribution in [3.05, 3.63) is 58.3 Å². The second-order valence-electron chi connectivity index (χ2n) is 9.75. The van der Waals surface area contributed by atoms with Gasteiger partial charge in [-0.15, -0.1) is 0 Å². The number of aliphatic hydroxyl groups excluding tert-OH is 2. The number of nitrogen functional groups attached to an aromatic ring is 1. The van der Waals surface area contributed by atoms with Crippen LogP contribution < -0.4 is 11.5 Å². The Morgan fingerprint density at radius 3 is 2.41 bits per heavy atom. The fourth-order valence-corrected chi connectivity index (χ4v) is 5.98. The lowest BCUT2D eigenvalue weighted by Gasteiger charge is -2.50. The molecule has 1 heterocycles. The number of phenolic OH excluding ortho intramolecular Hbond substituents is 1. The number of primary amides is 1. The predicted octanol–water partition coefficient (Wildman–Crippen LogP) is 0.160. The van der Waals surface area contributed by atoms with Gasteiger partial charge in [-0.05, 0) is 50.6 Å². The number of nitrogens with two attached hydrogens (primary N) is 2. The molecule has 192 valence electrons. The highest BCUT2D eigenvalue weighted by Crippen LogP contribution is 2.53. The molecule has 0 bridgehead atoms. The summed E-state index contributed by atoms with van der Waals surface area (Å²) >= 11 is 0. The number of phenols is 1. The summed E-state index contributed by atoms with van der Waals surface area (Å²) in [5.41, 5.74) is 8.01. The summed E-state index contributed by atoms with van der Waals surface area (Å²) in [4.78, 5) is 49.1. The zero-order valence-corrected chi connectivity index (χ0v) is 20.0. The number of likely N-dealkylation sites (N-methyl/N-ethyl adjacent to an activating group) is 1. The molecular formula is C25H25N5O7. The molecule has 0 saturated heterocycles. The predicted molar refractivity (Wildman–Crippen MR) is 129 cm³/mol. The topological polar surface area (TPSA) is 213 Å². The van der Waals surface area contributed by atoms with Gasteiger partial charge >= 0.3 is 0 Å².